The number of hydrogen-bond donors (Lipinski definition) is 0. The highest BCUT2D eigenvalue weighted by Gasteiger charge is 2.29. The van der Waals surface area contributed by atoms with Crippen LogP contribution in [0.4, 0.5) is 5.82 Å². The highest BCUT2D eigenvalue weighted by atomic mass is 16.5. The molecule has 204 valence electrons. The van der Waals surface area contributed by atoms with Crippen molar-refractivity contribution in [1.29, 1.82) is 0 Å². The van der Waals surface area contributed by atoms with Gasteiger partial charge in [-0.05, 0) is 71.2 Å². The fraction of sp³-hybridized carbons (Fsp3) is 0.548. The van der Waals surface area contributed by atoms with E-state index in [1.54, 1.807) is 0 Å². The van der Waals surface area contributed by atoms with Crippen molar-refractivity contribution in [2.75, 3.05) is 50.8 Å². The average Bonchev–Trinajstić information content (AvgIpc) is 3.32. The molecule has 0 spiro atoms. The summed E-state index contributed by atoms with van der Waals surface area (Å²) in [6.07, 6.45) is 5.81. The third-order valence-electron chi connectivity index (χ3n) is 8.08. The third kappa shape index (κ3) is 5.53. The highest BCUT2D eigenvalue weighted by Crippen LogP contribution is 2.39. The van der Waals surface area contributed by atoms with E-state index in [0.717, 1.165) is 98.4 Å². The van der Waals surface area contributed by atoms with Crippen LogP contribution >= 0.6 is 0 Å². The Hall–Kier alpha value is -3.06. The quantitative estimate of drug-likeness (QED) is 0.318. The van der Waals surface area contributed by atoms with Crippen molar-refractivity contribution in [3.63, 3.8) is 0 Å². The van der Waals surface area contributed by atoms with Crippen LogP contribution in [0, 0.1) is 13.8 Å². The van der Waals surface area contributed by atoms with E-state index in [-0.39, 0.29) is 6.04 Å². The summed E-state index contributed by atoms with van der Waals surface area (Å²) in [6, 6.07) is 11.0. The topological polar surface area (TPSA) is 49.1 Å². The molecule has 7 heteroatoms. The lowest BCUT2D eigenvalue weighted by Gasteiger charge is -2.38. The first-order valence-electron chi connectivity index (χ1n) is 14.5. The summed E-state index contributed by atoms with van der Waals surface area (Å²) in [4.78, 5) is 12.2. The summed E-state index contributed by atoms with van der Waals surface area (Å²) in [5, 5.41) is 5.06. The first-order chi connectivity index (χ1) is 18.5. The number of rotatable bonds is 11. The normalized spacial score (nSPS) is 17.8. The molecule has 0 radical (unpaired) electrons. The van der Waals surface area contributed by atoms with Crippen molar-refractivity contribution in [2.45, 2.75) is 65.8 Å². The lowest BCUT2D eigenvalue weighted by molar-refractivity contribution is 0.212. The molecule has 0 amide bonds. The van der Waals surface area contributed by atoms with Crippen molar-refractivity contribution in [3.05, 3.63) is 59.4 Å². The van der Waals surface area contributed by atoms with Crippen molar-refractivity contribution < 1.29 is 4.74 Å². The van der Waals surface area contributed by atoms with Gasteiger partial charge in [0.25, 0.3) is 0 Å². The van der Waals surface area contributed by atoms with E-state index in [0.29, 0.717) is 6.61 Å². The van der Waals surface area contributed by atoms with Crippen LogP contribution in [-0.2, 0) is 0 Å². The molecule has 1 atom stereocenters. The van der Waals surface area contributed by atoms with E-state index in [4.69, 9.17) is 14.8 Å². The molecule has 0 bridgehead atoms. The molecule has 2 aliphatic rings. The Labute approximate surface area is 228 Å². The lowest BCUT2D eigenvalue weighted by Crippen LogP contribution is -2.37. The van der Waals surface area contributed by atoms with E-state index in [1.807, 2.05) is 4.52 Å². The molecular formula is C31H44N6O. The predicted octanol–water partition coefficient (Wildman–Crippen LogP) is 5.86. The molecule has 38 heavy (non-hydrogen) atoms. The average molecular weight is 517 g/mol. The maximum Gasteiger partial charge on any atom is 0.157 e. The zero-order valence-corrected chi connectivity index (χ0v) is 23.7. The monoisotopic (exact) mass is 516 g/mol. The van der Waals surface area contributed by atoms with Gasteiger partial charge < -0.3 is 19.4 Å². The smallest absolute Gasteiger partial charge is 0.157 e. The molecule has 1 unspecified atom stereocenters. The summed E-state index contributed by atoms with van der Waals surface area (Å²) in [5.41, 5.74) is 6.48. The van der Waals surface area contributed by atoms with Gasteiger partial charge in [0.05, 0.1) is 11.7 Å². The number of fused-ring (bicyclic) bond motifs is 1. The fourth-order valence-electron chi connectivity index (χ4n) is 5.74. The lowest BCUT2D eigenvalue weighted by atomic mass is 9.96. The van der Waals surface area contributed by atoms with Gasteiger partial charge in [-0.25, -0.2) is 9.50 Å². The minimum Gasteiger partial charge on any atom is -0.492 e. The number of likely N-dealkylation sites (tertiary alicyclic amines) is 1. The molecule has 7 nitrogen and oxygen atoms in total. The van der Waals surface area contributed by atoms with E-state index in [2.05, 4.69) is 79.3 Å². The molecule has 0 aliphatic carbocycles. The molecule has 2 aliphatic heterocycles. The second kappa shape index (κ2) is 11.8. The largest absolute Gasteiger partial charge is 0.492 e. The molecule has 0 N–H and O–H groups in total. The summed E-state index contributed by atoms with van der Waals surface area (Å²) in [6.45, 7) is 20.3. The van der Waals surface area contributed by atoms with Crippen LogP contribution in [0.15, 0.2) is 36.9 Å². The molecule has 3 aromatic rings. The summed E-state index contributed by atoms with van der Waals surface area (Å²) in [7, 11) is 0. The maximum absolute atomic E-state index is 6.38. The second-order valence-corrected chi connectivity index (χ2v) is 10.9. The number of aromatic nitrogens is 3. The zero-order chi connectivity index (χ0) is 26.6. The molecule has 5 rings (SSSR count). The van der Waals surface area contributed by atoms with Crippen LogP contribution in [0.1, 0.15) is 74.5 Å². The van der Waals surface area contributed by atoms with Gasteiger partial charge in [-0.15, -0.1) is 0 Å². The van der Waals surface area contributed by atoms with Gasteiger partial charge in [-0.1, -0.05) is 32.1 Å². The van der Waals surface area contributed by atoms with Gasteiger partial charge in [0.1, 0.15) is 18.2 Å². The van der Waals surface area contributed by atoms with E-state index < -0.39 is 0 Å². The number of piperidine rings is 1. The van der Waals surface area contributed by atoms with Crippen molar-refractivity contribution >= 4 is 17.2 Å². The van der Waals surface area contributed by atoms with E-state index in [1.165, 1.54) is 18.4 Å². The van der Waals surface area contributed by atoms with Crippen LogP contribution in [0.5, 0.6) is 5.75 Å². The molecule has 4 heterocycles. The van der Waals surface area contributed by atoms with Gasteiger partial charge in [-0.2, -0.15) is 5.10 Å². The highest BCUT2D eigenvalue weighted by molar-refractivity contribution is 5.69. The van der Waals surface area contributed by atoms with E-state index >= 15 is 0 Å². The Kier molecular flexibility index (Phi) is 8.22. The second-order valence-electron chi connectivity index (χ2n) is 10.9. The Bertz CT molecular complexity index is 1260. The van der Waals surface area contributed by atoms with Crippen molar-refractivity contribution in [2.24, 2.45) is 0 Å². The molecule has 2 fully saturated rings. The number of ether oxygens (including phenoxy) is 1. The van der Waals surface area contributed by atoms with Gasteiger partial charge in [0.15, 0.2) is 5.65 Å². The minimum absolute atomic E-state index is 0.179. The Balaban J connectivity index is 1.39. The molecular weight excluding hydrogens is 472 g/mol. The van der Waals surface area contributed by atoms with Crippen LogP contribution in [-0.4, -0.2) is 70.3 Å². The summed E-state index contributed by atoms with van der Waals surface area (Å²) in [5.74, 6) is 1.99. The number of aryl methyl sites for hydroxylation is 2. The van der Waals surface area contributed by atoms with Crippen LogP contribution in [0.25, 0.3) is 11.3 Å². The maximum atomic E-state index is 6.38. The summed E-state index contributed by atoms with van der Waals surface area (Å²) < 4.78 is 8.38. The first-order valence-corrected chi connectivity index (χ1v) is 14.5. The van der Waals surface area contributed by atoms with Gasteiger partial charge in [0.2, 0.25) is 0 Å². The Morgan fingerprint density at radius 2 is 1.89 bits per heavy atom. The standard InChI is InChI=1S/C31H44N6O/c1-6-14-34(7-2)18-19-38-29-13-12-23(3)20-26(29)25(5)36-17-9-8-11-28(36)27-22-31-32-30(35-15-10-16-35)21-24(4)37(31)33-27/h12-13,20-22,28H,5-11,14-19H2,1-4H3. The van der Waals surface area contributed by atoms with Gasteiger partial charge in [0, 0.05) is 55.3 Å². The number of nitrogens with zero attached hydrogens (tertiary/aromatic N) is 6. The third-order valence-corrected chi connectivity index (χ3v) is 8.08. The van der Waals surface area contributed by atoms with Crippen LogP contribution in [0.2, 0.25) is 0 Å². The SMILES string of the molecule is C=C(c1cc(C)ccc1OCCN(CC)CCC)N1CCCCC1c1cc2nc(N3CCC3)cc(C)n2n1. The predicted molar refractivity (Wildman–Crippen MR) is 156 cm³/mol. The minimum atomic E-state index is 0.179. The number of benzene rings is 1. The fourth-order valence-corrected chi connectivity index (χ4v) is 5.74. The Morgan fingerprint density at radius 1 is 1.05 bits per heavy atom. The molecule has 2 saturated heterocycles. The van der Waals surface area contributed by atoms with Crippen LogP contribution in [0.3, 0.4) is 0 Å². The number of hydrogen-bond acceptors (Lipinski definition) is 6. The number of anilines is 1. The summed E-state index contributed by atoms with van der Waals surface area (Å²) >= 11 is 0. The van der Waals surface area contributed by atoms with Gasteiger partial charge in [-0.3, -0.25) is 0 Å². The van der Waals surface area contributed by atoms with Crippen molar-refractivity contribution in [1.82, 2.24) is 24.4 Å². The zero-order valence-electron chi connectivity index (χ0n) is 23.7. The van der Waals surface area contributed by atoms with E-state index in [9.17, 15) is 0 Å². The molecule has 0 saturated carbocycles. The Morgan fingerprint density at radius 3 is 2.63 bits per heavy atom. The van der Waals surface area contributed by atoms with Gasteiger partial charge >= 0.3 is 0 Å². The number of likely N-dealkylation sites (N-methyl/N-ethyl adjacent to an activating group) is 1. The first kappa shape index (κ1) is 26.5. The van der Waals surface area contributed by atoms with Crippen molar-refractivity contribution in [3.8, 4) is 5.75 Å². The molecule has 2 aromatic heterocycles. The molecule has 1 aromatic carbocycles. The van der Waals surface area contributed by atoms with Crippen LogP contribution < -0.4 is 9.64 Å².